The number of halogens is 3. The van der Waals surface area contributed by atoms with Crippen molar-refractivity contribution in [3.8, 4) is 22.8 Å². The zero-order valence-corrected chi connectivity index (χ0v) is 19.3. The van der Waals surface area contributed by atoms with E-state index in [0.29, 0.717) is 17.1 Å². The van der Waals surface area contributed by atoms with Gasteiger partial charge in [-0.3, -0.25) is 15.4 Å². The molecule has 0 aliphatic heterocycles. The zero-order valence-electron chi connectivity index (χ0n) is 14.5. The monoisotopic (exact) mass is 555 g/mol. The van der Waals surface area contributed by atoms with E-state index in [1.165, 1.54) is 23.5 Å². The Balaban J connectivity index is 0.00000240. The second-order valence-electron chi connectivity index (χ2n) is 5.85. The molecular weight excluding hydrogens is 546 g/mol. The van der Waals surface area contributed by atoms with Gasteiger partial charge in [-0.15, -0.1) is 0 Å². The lowest BCUT2D eigenvalue weighted by Gasteiger charge is -2.00. The Morgan fingerprint density at radius 1 is 1.10 bits per heavy atom. The lowest BCUT2D eigenvalue weighted by molar-refractivity contribution is -0.478. The Bertz CT molecular complexity index is 1160. The summed E-state index contributed by atoms with van der Waals surface area (Å²) in [7, 11) is 0. The lowest BCUT2D eigenvalue weighted by atomic mass is 10.1. The number of nitro groups is 1. The van der Waals surface area contributed by atoms with Crippen molar-refractivity contribution in [2.24, 2.45) is 0 Å². The van der Waals surface area contributed by atoms with Crippen LogP contribution in [0.4, 0.5) is 16.5 Å². The summed E-state index contributed by atoms with van der Waals surface area (Å²) >= 11 is 11.1. The topological polar surface area (TPSA) is 85.8 Å². The molecule has 29 heavy (non-hydrogen) atoms. The summed E-state index contributed by atoms with van der Waals surface area (Å²) in [6.45, 7) is 0. The molecule has 4 aromatic rings. The van der Waals surface area contributed by atoms with Crippen LogP contribution >= 0.6 is 38.9 Å². The quantitative estimate of drug-likeness (QED) is 0.232. The van der Waals surface area contributed by atoms with Gasteiger partial charge in [-0.05, 0) is 30.3 Å². The van der Waals surface area contributed by atoms with Crippen LogP contribution in [0.1, 0.15) is 0 Å². The molecule has 0 amide bonds. The van der Waals surface area contributed by atoms with Crippen molar-refractivity contribution >= 4 is 55.4 Å². The normalized spacial score (nSPS) is 10.6. The van der Waals surface area contributed by atoms with Gasteiger partial charge in [0.2, 0.25) is 0 Å². The summed E-state index contributed by atoms with van der Waals surface area (Å²) in [5.41, 5.74) is 2.31. The number of quaternary nitrogens is 1. The van der Waals surface area contributed by atoms with E-state index >= 15 is 0 Å². The standard InChI is InChI=1S/C19H11BrClN3O3S.BrH/c20-11-1-3-12(4-2-11)22-19-23-16(10-28-19)18-8-7-17(27-18)14-6-5-13(24(25)26)9-15(14)21;/h1-10H,(H,22,23);1H. The second kappa shape index (κ2) is 9.19. The van der Waals surface area contributed by atoms with E-state index in [9.17, 15) is 10.1 Å². The number of benzene rings is 2. The molecule has 0 aliphatic carbocycles. The average molecular weight is 558 g/mol. The van der Waals surface area contributed by atoms with Crippen molar-refractivity contribution in [2.45, 2.75) is 0 Å². The van der Waals surface area contributed by atoms with Crippen LogP contribution in [0.2, 0.25) is 5.02 Å². The number of furan rings is 1. The maximum absolute atomic E-state index is 10.9. The van der Waals surface area contributed by atoms with Crippen LogP contribution in [-0.2, 0) is 0 Å². The number of nitro benzene ring substituents is 1. The maximum Gasteiger partial charge on any atom is 0.288 e. The third kappa shape index (κ3) is 4.93. The fraction of sp³-hybridized carbons (Fsp3) is 0. The first kappa shape index (κ1) is 21.7. The number of hydrogen-bond acceptors (Lipinski definition) is 5. The summed E-state index contributed by atoms with van der Waals surface area (Å²) in [6.07, 6.45) is 0. The minimum Gasteiger partial charge on any atom is -1.00 e. The molecule has 0 fully saturated rings. The Labute approximate surface area is 193 Å². The van der Waals surface area contributed by atoms with Crippen LogP contribution < -0.4 is 22.3 Å². The molecule has 0 saturated heterocycles. The van der Waals surface area contributed by atoms with Crippen molar-refractivity contribution in [3.05, 3.63) is 79.6 Å². The molecule has 0 spiro atoms. The Morgan fingerprint density at radius 3 is 2.52 bits per heavy atom. The molecular formula is C19H12Br2ClN3O3S. The number of aromatic nitrogens is 1. The van der Waals surface area contributed by atoms with Gasteiger partial charge in [0, 0.05) is 39.7 Å². The first-order valence-electron chi connectivity index (χ1n) is 8.10. The van der Waals surface area contributed by atoms with Gasteiger partial charge in [-0.2, -0.15) is 4.98 Å². The van der Waals surface area contributed by atoms with Gasteiger partial charge >= 0.3 is 0 Å². The van der Waals surface area contributed by atoms with Crippen LogP contribution in [0.3, 0.4) is 0 Å². The predicted octanol–water partition coefficient (Wildman–Crippen LogP) is 2.92. The van der Waals surface area contributed by atoms with E-state index in [1.54, 1.807) is 12.1 Å². The summed E-state index contributed by atoms with van der Waals surface area (Å²) in [4.78, 5) is 15.0. The molecule has 0 unspecified atom stereocenters. The van der Waals surface area contributed by atoms with Crippen molar-refractivity contribution in [1.29, 1.82) is 0 Å². The van der Waals surface area contributed by atoms with Crippen molar-refractivity contribution in [2.75, 3.05) is 0 Å². The van der Waals surface area contributed by atoms with Gasteiger partial charge < -0.3 is 21.4 Å². The van der Waals surface area contributed by atoms with Gasteiger partial charge in [0.05, 0.1) is 9.95 Å². The molecule has 2 aromatic carbocycles. The highest BCUT2D eigenvalue weighted by Crippen LogP contribution is 2.35. The van der Waals surface area contributed by atoms with Gasteiger partial charge in [-0.25, -0.2) is 0 Å². The lowest BCUT2D eigenvalue weighted by Crippen LogP contribution is -3.00. The fourth-order valence-corrected chi connectivity index (χ4v) is 3.90. The molecule has 0 bridgehead atoms. The van der Waals surface area contributed by atoms with Crippen LogP contribution in [0.15, 0.2) is 68.9 Å². The minimum absolute atomic E-state index is 0. The van der Waals surface area contributed by atoms with Crippen LogP contribution in [0, 0.1) is 10.1 Å². The summed E-state index contributed by atoms with van der Waals surface area (Å²) in [6, 6.07) is 15.9. The van der Waals surface area contributed by atoms with Gasteiger partial charge in [0.15, 0.2) is 5.76 Å². The van der Waals surface area contributed by atoms with Crippen molar-refractivity contribution < 1.29 is 31.6 Å². The number of nitrogens with zero attached hydrogens (tertiary/aromatic N) is 2. The molecule has 148 valence electrons. The van der Waals surface area contributed by atoms with Crippen molar-refractivity contribution in [3.63, 3.8) is 0 Å². The second-order valence-corrected chi connectivity index (χ2v) is 8.06. The summed E-state index contributed by atoms with van der Waals surface area (Å²) in [5.74, 6) is 1.14. The van der Waals surface area contributed by atoms with E-state index in [-0.39, 0.29) is 27.7 Å². The van der Waals surface area contributed by atoms with Crippen LogP contribution in [-0.4, -0.2) is 9.91 Å². The van der Waals surface area contributed by atoms with E-state index in [4.69, 9.17) is 16.0 Å². The van der Waals surface area contributed by atoms with E-state index in [0.717, 1.165) is 21.0 Å². The van der Waals surface area contributed by atoms with Gasteiger partial charge in [0.1, 0.15) is 17.1 Å². The maximum atomic E-state index is 10.9. The molecule has 10 heteroatoms. The molecule has 0 atom stereocenters. The largest absolute Gasteiger partial charge is 1.00 e. The minimum atomic E-state index is -0.484. The highest BCUT2D eigenvalue weighted by Gasteiger charge is 2.16. The zero-order chi connectivity index (χ0) is 19.7. The van der Waals surface area contributed by atoms with Gasteiger partial charge in [-0.1, -0.05) is 38.9 Å². The molecule has 0 aliphatic rings. The molecule has 2 heterocycles. The van der Waals surface area contributed by atoms with Crippen LogP contribution in [0.5, 0.6) is 0 Å². The molecule has 2 N–H and O–H groups in total. The molecule has 4 rings (SSSR count). The smallest absolute Gasteiger partial charge is 0.288 e. The number of nitrogens with two attached hydrogens (primary N) is 1. The third-order valence-corrected chi connectivity index (χ3v) is 5.60. The average Bonchev–Trinajstić information content (AvgIpc) is 3.33. The van der Waals surface area contributed by atoms with Crippen LogP contribution in [0.25, 0.3) is 22.8 Å². The summed E-state index contributed by atoms with van der Waals surface area (Å²) < 4.78 is 6.91. The Kier molecular flexibility index (Phi) is 6.86. The molecule has 2 aromatic heterocycles. The van der Waals surface area contributed by atoms with Gasteiger partial charge in [0.25, 0.3) is 10.8 Å². The highest BCUT2D eigenvalue weighted by atomic mass is 79.9. The summed E-state index contributed by atoms with van der Waals surface area (Å²) in [5, 5.41) is 15.9. The molecule has 0 radical (unpaired) electrons. The molecule has 0 saturated carbocycles. The SMILES string of the molecule is O=[N+]([O-])c1ccc(-c2ccc(-c3csc([NH2+]c4ccc(Br)cc4)n3)o2)c(Cl)c1.[Br-]. The highest BCUT2D eigenvalue weighted by molar-refractivity contribution is 9.10. The number of hydrogen-bond donors (Lipinski definition) is 1. The van der Waals surface area contributed by atoms with Crippen molar-refractivity contribution in [1.82, 2.24) is 4.98 Å². The Hall–Kier alpha value is -2.04. The molecule has 6 nitrogen and oxygen atoms in total. The predicted molar refractivity (Wildman–Crippen MR) is 112 cm³/mol. The number of non-ortho nitro benzene ring substituents is 1. The first-order chi connectivity index (χ1) is 13.5. The Morgan fingerprint density at radius 2 is 1.83 bits per heavy atom. The number of thiazole rings is 1. The first-order valence-corrected chi connectivity index (χ1v) is 10.1. The number of rotatable bonds is 5. The van der Waals surface area contributed by atoms with E-state index in [1.807, 2.05) is 41.0 Å². The van der Waals surface area contributed by atoms with E-state index < -0.39 is 4.92 Å². The fourth-order valence-electron chi connectivity index (χ4n) is 2.61. The third-order valence-electron chi connectivity index (χ3n) is 3.97. The van der Waals surface area contributed by atoms with E-state index in [2.05, 4.69) is 20.9 Å².